The summed E-state index contributed by atoms with van der Waals surface area (Å²) in [6.45, 7) is 8.40. The number of carbonyl (C=O) groups excluding carboxylic acids is 1. The van der Waals surface area contributed by atoms with E-state index in [1.54, 1.807) is 4.68 Å². The third kappa shape index (κ3) is 3.96. The molecule has 0 spiro atoms. The summed E-state index contributed by atoms with van der Waals surface area (Å²) in [5.41, 5.74) is 2.14. The first-order chi connectivity index (χ1) is 9.42. The molecule has 1 heterocycles. The van der Waals surface area contributed by atoms with E-state index in [-0.39, 0.29) is 24.5 Å². The van der Waals surface area contributed by atoms with Crippen LogP contribution < -0.4 is 5.32 Å². The first-order valence-corrected chi connectivity index (χ1v) is 7.47. The molecule has 0 aliphatic rings. The van der Waals surface area contributed by atoms with Crippen LogP contribution in [-0.2, 0) is 6.54 Å². The SMILES string of the molecule is Cc1nn(CCCl)c(C)c1C(=O)NC(CCO)C(C)C. The number of aryl methyl sites for hydroxylation is 2. The van der Waals surface area contributed by atoms with Crippen molar-refractivity contribution < 1.29 is 9.90 Å². The molecule has 1 atom stereocenters. The van der Waals surface area contributed by atoms with Crippen molar-refractivity contribution in [2.75, 3.05) is 12.5 Å². The van der Waals surface area contributed by atoms with Crippen molar-refractivity contribution in [1.29, 1.82) is 0 Å². The fourth-order valence-electron chi connectivity index (χ4n) is 2.28. The predicted molar refractivity (Wildman–Crippen MR) is 80.2 cm³/mol. The van der Waals surface area contributed by atoms with Gasteiger partial charge in [-0.1, -0.05) is 13.8 Å². The number of amides is 1. The average Bonchev–Trinajstić information content (AvgIpc) is 2.64. The summed E-state index contributed by atoms with van der Waals surface area (Å²) >= 11 is 5.73. The highest BCUT2D eigenvalue weighted by molar-refractivity contribution is 6.17. The second kappa shape index (κ2) is 7.64. The first-order valence-electron chi connectivity index (χ1n) is 6.94. The molecule has 0 saturated carbocycles. The monoisotopic (exact) mass is 301 g/mol. The fraction of sp³-hybridized carbons (Fsp3) is 0.714. The van der Waals surface area contributed by atoms with Crippen LogP contribution in [0.2, 0.25) is 0 Å². The minimum Gasteiger partial charge on any atom is -0.396 e. The second-order valence-electron chi connectivity index (χ2n) is 5.29. The largest absolute Gasteiger partial charge is 0.396 e. The van der Waals surface area contributed by atoms with Gasteiger partial charge in [0.25, 0.3) is 5.91 Å². The Bertz CT molecular complexity index is 458. The number of aromatic nitrogens is 2. The highest BCUT2D eigenvalue weighted by atomic mass is 35.5. The van der Waals surface area contributed by atoms with Crippen LogP contribution in [0, 0.1) is 19.8 Å². The van der Waals surface area contributed by atoms with Gasteiger partial charge in [-0.25, -0.2) is 0 Å². The average molecular weight is 302 g/mol. The van der Waals surface area contributed by atoms with Gasteiger partial charge in [-0.05, 0) is 26.2 Å². The van der Waals surface area contributed by atoms with Crippen molar-refractivity contribution >= 4 is 17.5 Å². The number of halogens is 1. The van der Waals surface area contributed by atoms with Crippen LogP contribution >= 0.6 is 11.6 Å². The zero-order valence-corrected chi connectivity index (χ0v) is 13.4. The van der Waals surface area contributed by atoms with Gasteiger partial charge in [-0.3, -0.25) is 9.48 Å². The van der Waals surface area contributed by atoms with E-state index in [1.807, 2.05) is 27.7 Å². The number of nitrogens with one attached hydrogen (secondary N) is 1. The predicted octanol–water partition coefficient (Wildman–Crippen LogP) is 1.88. The van der Waals surface area contributed by atoms with E-state index in [0.29, 0.717) is 30.1 Å². The minimum atomic E-state index is -0.132. The van der Waals surface area contributed by atoms with E-state index in [1.165, 1.54) is 0 Å². The van der Waals surface area contributed by atoms with Crippen molar-refractivity contribution in [2.45, 2.75) is 46.7 Å². The van der Waals surface area contributed by atoms with Gasteiger partial charge in [0.15, 0.2) is 0 Å². The Balaban J connectivity index is 2.91. The number of carbonyl (C=O) groups is 1. The summed E-state index contributed by atoms with van der Waals surface area (Å²) in [7, 11) is 0. The van der Waals surface area contributed by atoms with Crippen LogP contribution in [0.5, 0.6) is 0 Å². The van der Waals surface area contributed by atoms with Crippen molar-refractivity contribution in [3.8, 4) is 0 Å². The third-order valence-electron chi connectivity index (χ3n) is 3.47. The molecule has 114 valence electrons. The molecule has 0 aliphatic carbocycles. The summed E-state index contributed by atoms with van der Waals surface area (Å²) in [6.07, 6.45) is 0.553. The lowest BCUT2D eigenvalue weighted by molar-refractivity contribution is 0.0915. The number of aliphatic hydroxyl groups excluding tert-OH is 1. The lowest BCUT2D eigenvalue weighted by Crippen LogP contribution is -2.39. The molecule has 1 aromatic rings. The smallest absolute Gasteiger partial charge is 0.255 e. The van der Waals surface area contributed by atoms with E-state index in [9.17, 15) is 4.79 Å². The Morgan fingerprint density at radius 1 is 1.45 bits per heavy atom. The van der Waals surface area contributed by atoms with Crippen LogP contribution in [-0.4, -0.2) is 39.3 Å². The molecule has 0 radical (unpaired) electrons. The Morgan fingerprint density at radius 2 is 2.10 bits per heavy atom. The number of nitrogens with zero attached hydrogens (tertiary/aromatic N) is 2. The summed E-state index contributed by atoms with van der Waals surface area (Å²) in [6, 6.07) is -0.0392. The van der Waals surface area contributed by atoms with Crippen LogP contribution in [0.15, 0.2) is 0 Å². The highest BCUT2D eigenvalue weighted by Crippen LogP contribution is 2.15. The molecule has 0 aromatic carbocycles. The van der Waals surface area contributed by atoms with Crippen LogP contribution in [0.3, 0.4) is 0 Å². The molecular weight excluding hydrogens is 278 g/mol. The van der Waals surface area contributed by atoms with Gasteiger partial charge in [0, 0.05) is 24.2 Å². The number of aliphatic hydroxyl groups is 1. The van der Waals surface area contributed by atoms with Gasteiger partial charge in [0.1, 0.15) is 0 Å². The van der Waals surface area contributed by atoms with Gasteiger partial charge >= 0.3 is 0 Å². The summed E-state index contributed by atoms with van der Waals surface area (Å²) in [4.78, 5) is 12.4. The van der Waals surface area contributed by atoms with Crippen molar-refractivity contribution in [3.63, 3.8) is 0 Å². The van der Waals surface area contributed by atoms with E-state index in [2.05, 4.69) is 10.4 Å². The van der Waals surface area contributed by atoms with E-state index >= 15 is 0 Å². The standard InChI is InChI=1S/C14H24ClN3O2/c1-9(2)12(5-8-19)16-14(20)13-10(3)17-18(7-6-15)11(13)4/h9,12,19H,5-8H2,1-4H3,(H,16,20). The summed E-state index contributed by atoms with van der Waals surface area (Å²) < 4.78 is 1.76. The number of rotatable bonds is 7. The molecule has 5 nitrogen and oxygen atoms in total. The molecular formula is C14H24ClN3O2. The van der Waals surface area contributed by atoms with Crippen LogP contribution in [0.25, 0.3) is 0 Å². The molecule has 0 bridgehead atoms. The maximum absolute atomic E-state index is 12.4. The van der Waals surface area contributed by atoms with Gasteiger partial charge in [0.2, 0.25) is 0 Å². The molecule has 20 heavy (non-hydrogen) atoms. The molecule has 6 heteroatoms. The highest BCUT2D eigenvalue weighted by Gasteiger charge is 2.22. The van der Waals surface area contributed by atoms with Crippen LogP contribution in [0.1, 0.15) is 42.0 Å². The minimum absolute atomic E-state index is 0.0392. The fourth-order valence-corrected chi connectivity index (χ4v) is 2.44. The lowest BCUT2D eigenvalue weighted by atomic mass is 10.0. The lowest BCUT2D eigenvalue weighted by Gasteiger charge is -2.21. The number of hydrogen-bond donors (Lipinski definition) is 2. The van der Waals surface area contributed by atoms with Crippen LogP contribution in [0.4, 0.5) is 0 Å². The number of alkyl halides is 1. The topological polar surface area (TPSA) is 67.2 Å². The first kappa shape index (κ1) is 17.0. The molecule has 1 amide bonds. The second-order valence-corrected chi connectivity index (χ2v) is 5.67. The summed E-state index contributed by atoms with van der Waals surface area (Å²) in [5.74, 6) is 0.597. The Kier molecular flexibility index (Phi) is 6.49. The molecule has 0 saturated heterocycles. The van der Waals surface area contributed by atoms with Crippen molar-refractivity contribution in [1.82, 2.24) is 15.1 Å². The molecule has 0 aliphatic heterocycles. The zero-order valence-electron chi connectivity index (χ0n) is 12.6. The molecule has 1 aromatic heterocycles. The molecule has 2 N–H and O–H groups in total. The Morgan fingerprint density at radius 3 is 2.60 bits per heavy atom. The molecule has 1 unspecified atom stereocenters. The van der Waals surface area contributed by atoms with E-state index in [4.69, 9.17) is 16.7 Å². The normalized spacial score (nSPS) is 12.8. The van der Waals surface area contributed by atoms with Gasteiger partial charge in [-0.15, -0.1) is 11.6 Å². The quantitative estimate of drug-likeness (QED) is 0.756. The molecule has 1 rings (SSSR count). The maximum Gasteiger partial charge on any atom is 0.255 e. The summed E-state index contributed by atoms with van der Waals surface area (Å²) in [5, 5.41) is 16.4. The van der Waals surface area contributed by atoms with Crippen molar-refractivity contribution in [2.24, 2.45) is 5.92 Å². The molecule has 0 fully saturated rings. The Hall–Kier alpha value is -1.07. The van der Waals surface area contributed by atoms with Crippen molar-refractivity contribution in [3.05, 3.63) is 17.0 Å². The Labute approximate surface area is 125 Å². The van der Waals surface area contributed by atoms with Gasteiger partial charge in [-0.2, -0.15) is 5.10 Å². The van der Waals surface area contributed by atoms with Gasteiger partial charge in [0.05, 0.1) is 17.8 Å². The van der Waals surface area contributed by atoms with E-state index in [0.717, 1.165) is 5.69 Å². The zero-order chi connectivity index (χ0) is 15.3. The maximum atomic E-state index is 12.4. The third-order valence-corrected chi connectivity index (χ3v) is 3.64. The van der Waals surface area contributed by atoms with E-state index < -0.39 is 0 Å². The van der Waals surface area contributed by atoms with Gasteiger partial charge < -0.3 is 10.4 Å². The number of hydrogen-bond acceptors (Lipinski definition) is 3.